The zero-order chi connectivity index (χ0) is 13.3. The summed E-state index contributed by atoms with van der Waals surface area (Å²) in [5.74, 6) is 0. The molecule has 6 heteroatoms. The van der Waals surface area contributed by atoms with Crippen molar-refractivity contribution in [3.05, 3.63) is 11.9 Å². The number of aliphatic hydroxyl groups is 1. The van der Waals surface area contributed by atoms with Crippen molar-refractivity contribution >= 4 is 0 Å². The molecule has 1 aliphatic rings. The van der Waals surface area contributed by atoms with E-state index in [1.165, 1.54) is 38.9 Å². The molecule has 0 atom stereocenters. The van der Waals surface area contributed by atoms with Crippen LogP contribution in [0.1, 0.15) is 31.4 Å². The summed E-state index contributed by atoms with van der Waals surface area (Å²) in [6.07, 6.45) is 6.60. The fraction of sp³-hybridized carbons (Fsp3) is 0.846. The number of nitrogens with one attached hydrogen (secondary N) is 1. The van der Waals surface area contributed by atoms with Crippen molar-refractivity contribution in [3.8, 4) is 0 Å². The van der Waals surface area contributed by atoms with Crippen molar-refractivity contribution in [1.29, 1.82) is 0 Å². The van der Waals surface area contributed by atoms with E-state index < -0.39 is 0 Å². The van der Waals surface area contributed by atoms with Crippen LogP contribution in [0.5, 0.6) is 0 Å². The van der Waals surface area contributed by atoms with Crippen molar-refractivity contribution in [2.75, 3.05) is 32.8 Å². The Morgan fingerprint density at radius 2 is 2.05 bits per heavy atom. The zero-order valence-corrected chi connectivity index (χ0v) is 11.6. The van der Waals surface area contributed by atoms with Gasteiger partial charge in [0.25, 0.3) is 0 Å². The van der Waals surface area contributed by atoms with Gasteiger partial charge in [0.05, 0.1) is 5.69 Å². The molecule has 1 aromatic heterocycles. The van der Waals surface area contributed by atoms with Crippen LogP contribution in [0.2, 0.25) is 0 Å². The Morgan fingerprint density at radius 1 is 1.21 bits per heavy atom. The van der Waals surface area contributed by atoms with Crippen molar-refractivity contribution in [3.63, 3.8) is 0 Å². The summed E-state index contributed by atoms with van der Waals surface area (Å²) in [6.45, 7) is 6.50. The quantitative estimate of drug-likeness (QED) is 0.627. The molecule has 0 aliphatic carbocycles. The lowest BCUT2D eigenvalue weighted by Gasteiger charge is -2.13. The molecule has 0 saturated carbocycles. The highest BCUT2D eigenvalue weighted by atomic mass is 16.3. The Hall–Kier alpha value is -0.980. The maximum Gasteiger partial charge on any atom is 0.0964 e. The van der Waals surface area contributed by atoms with Gasteiger partial charge in [-0.1, -0.05) is 5.21 Å². The van der Waals surface area contributed by atoms with E-state index in [0.717, 1.165) is 31.7 Å². The van der Waals surface area contributed by atoms with E-state index in [2.05, 4.69) is 20.5 Å². The van der Waals surface area contributed by atoms with E-state index in [9.17, 15) is 0 Å². The highest BCUT2D eigenvalue weighted by Crippen LogP contribution is 2.06. The number of hydrogen-bond donors (Lipinski definition) is 2. The highest BCUT2D eigenvalue weighted by Gasteiger charge is 2.09. The van der Waals surface area contributed by atoms with Gasteiger partial charge in [0.2, 0.25) is 0 Å². The normalized spacial score (nSPS) is 16.3. The largest absolute Gasteiger partial charge is 0.396 e. The fourth-order valence-electron chi connectivity index (χ4n) is 2.41. The van der Waals surface area contributed by atoms with Gasteiger partial charge in [-0.2, -0.15) is 0 Å². The van der Waals surface area contributed by atoms with Crippen molar-refractivity contribution in [1.82, 2.24) is 25.2 Å². The van der Waals surface area contributed by atoms with Gasteiger partial charge in [-0.3, -0.25) is 4.68 Å². The predicted molar refractivity (Wildman–Crippen MR) is 73.7 cm³/mol. The summed E-state index contributed by atoms with van der Waals surface area (Å²) in [6, 6.07) is 0. The molecule has 0 bridgehead atoms. The second kappa shape index (κ2) is 8.24. The van der Waals surface area contributed by atoms with E-state index in [1.807, 2.05) is 6.20 Å². The van der Waals surface area contributed by atoms with Crippen molar-refractivity contribution in [2.24, 2.45) is 0 Å². The average molecular weight is 267 g/mol. The maximum atomic E-state index is 8.75. The third-order valence-electron chi connectivity index (χ3n) is 3.46. The number of nitrogens with zero attached hydrogens (tertiary/aromatic N) is 4. The van der Waals surface area contributed by atoms with Crippen LogP contribution in [0.25, 0.3) is 0 Å². The summed E-state index contributed by atoms with van der Waals surface area (Å²) in [5.41, 5.74) is 0.971. The Bertz CT molecular complexity index is 349. The third-order valence-corrected chi connectivity index (χ3v) is 3.46. The first kappa shape index (κ1) is 14.4. The van der Waals surface area contributed by atoms with E-state index >= 15 is 0 Å². The van der Waals surface area contributed by atoms with Gasteiger partial charge in [0, 0.05) is 25.9 Å². The monoisotopic (exact) mass is 267 g/mol. The molecule has 1 fully saturated rings. The SMILES string of the molecule is OCCCn1cc(CNCCCN2CCCC2)nn1. The number of likely N-dealkylation sites (tertiary alicyclic amines) is 1. The second-order valence-corrected chi connectivity index (χ2v) is 5.13. The topological polar surface area (TPSA) is 66.2 Å². The predicted octanol–water partition coefficient (Wildman–Crippen LogP) is 0.236. The summed E-state index contributed by atoms with van der Waals surface area (Å²) in [4.78, 5) is 2.53. The van der Waals surface area contributed by atoms with Gasteiger partial charge in [0.15, 0.2) is 0 Å². The van der Waals surface area contributed by atoms with Crippen LogP contribution in [0.4, 0.5) is 0 Å². The molecule has 1 aliphatic heterocycles. The van der Waals surface area contributed by atoms with E-state index in [-0.39, 0.29) is 6.61 Å². The summed E-state index contributed by atoms with van der Waals surface area (Å²) in [5, 5.41) is 20.3. The van der Waals surface area contributed by atoms with Crippen molar-refractivity contribution < 1.29 is 5.11 Å². The molecule has 0 radical (unpaired) electrons. The van der Waals surface area contributed by atoms with Crippen molar-refractivity contribution in [2.45, 2.75) is 38.8 Å². The van der Waals surface area contributed by atoms with Gasteiger partial charge < -0.3 is 15.3 Å². The molecule has 19 heavy (non-hydrogen) atoms. The average Bonchev–Trinajstić information content (AvgIpc) is 3.07. The molecule has 0 amide bonds. The molecule has 2 rings (SSSR count). The van der Waals surface area contributed by atoms with E-state index in [0.29, 0.717) is 0 Å². The minimum absolute atomic E-state index is 0.198. The molecule has 2 N–H and O–H groups in total. The van der Waals surface area contributed by atoms with Gasteiger partial charge in [-0.15, -0.1) is 5.10 Å². The Kier molecular flexibility index (Phi) is 6.26. The standard InChI is InChI=1S/C13H25N5O/c19-10-4-9-18-12-13(15-16-18)11-14-5-3-8-17-6-1-2-7-17/h12,14,19H,1-11H2. The van der Waals surface area contributed by atoms with Gasteiger partial charge in [-0.05, 0) is 51.9 Å². The molecular weight excluding hydrogens is 242 g/mol. The first-order valence-corrected chi connectivity index (χ1v) is 7.31. The van der Waals surface area contributed by atoms with Gasteiger partial charge in [-0.25, -0.2) is 0 Å². The fourth-order valence-corrected chi connectivity index (χ4v) is 2.41. The number of aliphatic hydroxyl groups excluding tert-OH is 1. The molecule has 0 aromatic carbocycles. The number of aromatic nitrogens is 3. The minimum Gasteiger partial charge on any atom is -0.396 e. The van der Waals surface area contributed by atoms with Crippen LogP contribution >= 0.6 is 0 Å². The summed E-state index contributed by atoms with van der Waals surface area (Å²) < 4.78 is 1.79. The Labute approximate surface area is 114 Å². The second-order valence-electron chi connectivity index (χ2n) is 5.13. The lowest BCUT2D eigenvalue weighted by molar-refractivity contribution is 0.276. The Morgan fingerprint density at radius 3 is 2.84 bits per heavy atom. The maximum absolute atomic E-state index is 8.75. The van der Waals surface area contributed by atoms with Gasteiger partial charge >= 0.3 is 0 Å². The third kappa shape index (κ3) is 5.26. The molecule has 1 saturated heterocycles. The number of aryl methyl sites for hydroxylation is 1. The molecule has 2 heterocycles. The zero-order valence-electron chi connectivity index (χ0n) is 11.6. The van der Waals surface area contributed by atoms with Crippen LogP contribution < -0.4 is 5.32 Å². The molecule has 1 aromatic rings. The molecule has 0 unspecified atom stereocenters. The van der Waals surface area contributed by atoms with Crippen LogP contribution in [0.3, 0.4) is 0 Å². The first-order chi connectivity index (χ1) is 9.38. The molecule has 6 nitrogen and oxygen atoms in total. The highest BCUT2D eigenvalue weighted by molar-refractivity contribution is 4.91. The van der Waals surface area contributed by atoms with E-state index in [4.69, 9.17) is 5.11 Å². The molecule has 108 valence electrons. The van der Waals surface area contributed by atoms with Crippen LogP contribution in [0, 0.1) is 0 Å². The summed E-state index contributed by atoms with van der Waals surface area (Å²) in [7, 11) is 0. The van der Waals surface area contributed by atoms with Crippen LogP contribution in [-0.2, 0) is 13.1 Å². The van der Waals surface area contributed by atoms with Gasteiger partial charge in [0.1, 0.15) is 0 Å². The number of rotatable bonds is 9. The smallest absolute Gasteiger partial charge is 0.0964 e. The van der Waals surface area contributed by atoms with Crippen LogP contribution in [-0.4, -0.2) is 57.8 Å². The molecule has 0 spiro atoms. The minimum atomic E-state index is 0.198. The lowest BCUT2D eigenvalue weighted by atomic mass is 10.3. The number of hydrogen-bond acceptors (Lipinski definition) is 5. The summed E-state index contributed by atoms with van der Waals surface area (Å²) >= 11 is 0. The Balaban J connectivity index is 1.53. The van der Waals surface area contributed by atoms with E-state index in [1.54, 1.807) is 4.68 Å². The lowest BCUT2D eigenvalue weighted by Crippen LogP contribution is -2.24. The first-order valence-electron chi connectivity index (χ1n) is 7.31. The molecular formula is C13H25N5O. The van der Waals surface area contributed by atoms with Crippen LogP contribution in [0.15, 0.2) is 6.20 Å².